The summed E-state index contributed by atoms with van der Waals surface area (Å²) in [6.45, 7) is 10.9. The van der Waals surface area contributed by atoms with Gasteiger partial charge in [0.15, 0.2) is 0 Å². The van der Waals surface area contributed by atoms with Gasteiger partial charge in [-0.15, -0.1) is 11.3 Å². The van der Waals surface area contributed by atoms with Crippen LogP contribution in [-0.2, 0) is 4.79 Å². The van der Waals surface area contributed by atoms with Crippen LogP contribution in [0.5, 0.6) is 0 Å². The summed E-state index contributed by atoms with van der Waals surface area (Å²) in [5, 5.41) is 14.7. The van der Waals surface area contributed by atoms with Gasteiger partial charge in [-0.3, -0.25) is 14.6 Å². The van der Waals surface area contributed by atoms with Crippen molar-refractivity contribution < 1.29 is 9.90 Å². The third-order valence-electron chi connectivity index (χ3n) is 4.19. The van der Waals surface area contributed by atoms with Gasteiger partial charge >= 0.3 is 0 Å². The second kappa shape index (κ2) is 8.78. The molecule has 1 aliphatic rings. The van der Waals surface area contributed by atoms with E-state index in [1.54, 1.807) is 11.3 Å². The molecule has 2 rings (SSSR count). The first kappa shape index (κ1) is 18.4. The number of aliphatic hydroxyl groups excluding tert-OH is 1. The molecule has 0 saturated carbocycles. The van der Waals surface area contributed by atoms with E-state index in [9.17, 15) is 9.90 Å². The molecule has 2 heterocycles. The van der Waals surface area contributed by atoms with Crippen LogP contribution in [0.15, 0.2) is 17.5 Å². The fraction of sp³-hybridized carbons (Fsp3) is 0.706. The van der Waals surface area contributed by atoms with Gasteiger partial charge in [-0.25, -0.2) is 0 Å². The van der Waals surface area contributed by atoms with Crippen molar-refractivity contribution in [2.45, 2.75) is 32.9 Å². The highest BCUT2D eigenvalue weighted by Gasteiger charge is 2.23. The summed E-state index contributed by atoms with van der Waals surface area (Å²) >= 11 is 1.69. The normalized spacial score (nSPS) is 19.7. The van der Waals surface area contributed by atoms with Gasteiger partial charge in [-0.2, -0.15) is 0 Å². The number of aliphatic hydroxyl groups is 1. The Bertz CT molecular complexity index is 468. The van der Waals surface area contributed by atoms with E-state index < -0.39 is 0 Å². The molecule has 1 aromatic rings. The molecule has 1 fully saturated rings. The lowest BCUT2D eigenvalue weighted by Gasteiger charge is -2.35. The molecule has 0 aromatic carbocycles. The molecule has 1 aromatic heterocycles. The van der Waals surface area contributed by atoms with Gasteiger partial charge in [0.25, 0.3) is 0 Å². The number of hydrogen-bond donors (Lipinski definition) is 2. The van der Waals surface area contributed by atoms with Crippen LogP contribution in [0.25, 0.3) is 0 Å². The summed E-state index contributed by atoms with van der Waals surface area (Å²) in [5.41, 5.74) is 0. The van der Waals surface area contributed by atoms with Crippen LogP contribution < -0.4 is 5.32 Å². The Balaban J connectivity index is 1.78. The predicted octanol–water partition coefficient (Wildman–Crippen LogP) is 1.56. The van der Waals surface area contributed by atoms with Gasteiger partial charge in [0.1, 0.15) is 0 Å². The fourth-order valence-electron chi connectivity index (χ4n) is 2.96. The van der Waals surface area contributed by atoms with Gasteiger partial charge < -0.3 is 10.4 Å². The van der Waals surface area contributed by atoms with Crippen LogP contribution in [0.2, 0.25) is 0 Å². The third kappa shape index (κ3) is 5.88. The number of thiophene rings is 1. The molecule has 2 atom stereocenters. The molecular formula is C17H29N3O2S. The van der Waals surface area contributed by atoms with E-state index >= 15 is 0 Å². The monoisotopic (exact) mass is 339 g/mol. The number of rotatable bonds is 7. The number of carbonyl (C=O) groups is 1. The van der Waals surface area contributed by atoms with Crippen LogP contribution in [0, 0.1) is 5.92 Å². The fourth-order valence-corrected chi connectivity index (χ4v) is 3.91. The van der Waals surface area contributed by atoms with Crippen molar-refractivity contribution >= 4 is 17.2 Å². The Kier molecular flexibility index (Phi) is 7.02. The topological polar surface area (TPSA) is 55.8 Å². The van der Waals surface area contributed by atoms with E-state index in [1.807, 2.05) is 13.0 Å². The van der Waals surface area contributed by atoms with Crippen molar-refractivity contribution in [2.24, 2.45) is 5.92 Å². The number of carbonyl (C=O) groups excluding carboxylic acids is 1. The number of β-amino-alcohol motifs (C(OH)–C–C–N with tert-alkyl or cyclic N) is 1. The summed E-state index contributed by atoms with van der Waals surface area (Å²) in [6, 6.07) is 4.21. The Morgan fingerprint density at radius 3 is 2.43 bits per heavy atom. The van der Waals surface area contributed by atoms with Crippen LogP contribution in [0.3, 0.4) is 0 Å². The molecule has 6 heteroatoms. The predicted molar refractivity (Wildman–Crippen MR) is 94.6 cm³/mol. The molecule has 130 valence electrons. The van der Waals surface area contributed by atoms with Gasteiger partial charge in [0.05, 0.1) is 18.7 Å². The first-order valence-electron chi connectivity index (χ1n) is 8.41. The number of hydrogen-bond acceptors (Lipinski definition) is 5. The first-order chi connectivity index (χ1) is 11.0. The molecule has 0 radical (unpaired) electrons. The van der Waals surface area contributed by atoms with E-state index in [2.05, 4.69) is 40.4 Å². The highest BCUT2D eigenvalue weighted by atomic mass is 32.1. The van der Waals surface area contributed by atoms with Gasteiger partial charge in [-0.05, 0) is 24.3 Å². The van der Waals surface area contributed by atoms with Gasteiger partial charge in [0, 0.05) is 37.6 Å². The molecule has 1 amide bonds. The van der Waals surface area contributed by atoms with Crippen LogP contribution >= 0.6 is 11.3 Å². The molecule has 0 aliphatic carbocycles. The minimum atomic E-state index is -0.289. The van der Waals surface area contributed by atoms with Crippen molar-refractivity contribution in [2.75, 3.05) is 39.3 Å². The number of amides is 1. The molecule has 1 aliphatic heterocycles. The molecule has 1 saturated heterocycles. The summed E-state index contributed by atoms with van der Waals surface area (Å²) in [6.07, 6.45) is -0.289. The lowest BCUT2D eigenvalue weighted by molar-refractivity contribution is -0.123. The molecule has 0 spiro atoms. The lowest BCUT2D eigenvalue weighted by Crippen LogP contribution is -2.51. The van der Waals surface area contributed by atoms with E-state index in [-0.39, 0.29) is 18.1 Å². The molecule has 0 bridgehead atoms. The Hall–Kier alpha value is -0.950. The number of nitrogens with zero attached hydrogens (tertiary/aromatic N) is 2. The summed E-state index contributed by atoms with van der Waals surface area (Å²) in [5.74, 6) is 0.474. The first-order valence-corrected chi connectivity index (χ1v) is 9.29. The van der Waals surface area contributed by atoms with E-state index in [4.69, 9.17) is 0 Å². The highest BCUT2D eigenvalue weighted by molar-refractivity contribution is 7.10. The molecule has 23 heavy (non-hydrogen) atoms. The Morgan fingerprint density at radius 2 is 1.91 bits per heavy atom. The second-order valence-electron chi connectivity index (χ2n) is 6.73. The molecular weight excluding hydrogens is 310 g/mol. The van der Waals surface area contributed by atoms with Crippen molar-refractivity contribution in [1.82, 2.24) is 15.1 Å². The Labute approximate surface area is 143 Å². The summed E-state index contributed by atoms with van der Waals surface area (Å²) < 4.78 is 0. The number of piperazine rings is 1. The average molecular weight is 340 g/mol. The average Bonchev–Trinajstić information content (AvgIpc) is 3.00. The second-order valence-corrected chi connectivity index (χ2v) is 7.71. The molecule has 0 unspecified atom stereocenters. The maximum absolute atomic E-state index is 12.4. The van der Waals surface area contributed by atoms with E-state index in [1.165, 1.54) is 4.88 Å². The molecule has 2 N–H and O–H groups in total. The minimum Gasteiger partial charge on any atom is -0.392 e. The van der Waals surface area contributed by atoms with E-state index in [0.717, 1.165) is 26.2 Å². The zero-order chi connectivity index (χ0) is 16.8. The van der Waals surface area contributed by atoms with E-state index in [0.29, 0.717) is 19.0 Å². The smallest absolute Gasteiger partial charge is 0.234 e. The third-order valence-corrected chi connectivity index (χ3v) is 5.14. The highest BCUT2D eigenvalue weighted by Crippen LogP contribution is 2.25. The maximum atomic E-state index is 12.4. The Morgan fingerprint density at radius 1 is 1.26 bits per heavy atom. The zero-order valence-corrected chi connectivity index (χ0v) is 15.2. The van der Waals surface area contributed by atoms with Crippen molar-refractivity contribution in [3.63, 3.8) is 0 Å². The maximum Gasteiger partial charge on any atom is 0.234 e. The minimum absolute atomic E-state index is 0.0963. The van der Waals surface area contributed by atoms with Gasteiger partial charge in [-0.1, -0.05) is 19.9 Å². The largest absolute Gasteiger partial charge is 0.392 e. The zero-order valence-electron chi connectivity index (χ0n) is 14.4. The van der Waals surface area contributed by atoms with Crippen LogP contribution in [-0.4, -0.2) is 66.2 Å². The summed E-state index contributed by atoms with van der Waals surface area (Å²) in [7, 11) is 0. The van der Waals surface area contributed by atoms with Gasteiger partial charge in [0.2, 0.25) is 5.91 Å². The van der Waals surface area contributed by atoms with Crippen LogP contribution in [0.1, 0.15) is 31.7 Å². The van der Waals surface area contributed by atoms with Crippen LogP contribution in [0.4, 0.5) is 0 Å². The lowest BCUT2D eigenvalue weighted by atomic mass is 10.0. The summed E-state index contributed by atoms with van der Waals surface area (Å²) in [4.78, 5) is 18.0. The standard InChI is InChI=1S/C17H29N3O2S/c1-13(2)17(15-5-4-10-23-15)18-16(22)12-20-8-6-19(7-9-20)11-14(3)21/h4-5,10,13-14,17,21H,6-9,11-12H2,1-3H3,(H,18,22)/t14-,17-/m1/s1. The van der Waals surface area contributed by atoms with Crippen molar-refractivity contribution in [3.05, 3.63) is 22.4 Å². The number of nitrogens with one attached hydrogen (secondary N) is 1. The van der Waals surface area contributed by atoms with Crippen molar-refractivity contribution in [1.29, 1.82) is 0 Å². The molecule has 5 nitrogen and oxygen atoms in total. The SMILES string of the molecule is CC(C)[C@@H](NC(=O)CN1CCN(C[C@@H](C)O)CC1)c1cccs1. The quantitative estimate of drug-likeness (QED) is 0.792. The van der Waals surface area contributed by atoms with Crippen molar-refractivity contribution in [3.8, 4) is 0 Å².